The van der Waals surface area contributed by atoms with Gasteiger partial charge in [-0.25, -0.2) is 15.0 Å². The molecule has 0 saturated heterocycles. The maximum absolute atomic E-state index is 8.66. The molecular weight excluding hydrogens is 190 g/mol. The van der Waals surface area contributed by atoms with Crippen molar-refractivity contribution in [2.45, 2.75) is 0 Å². The fraction of sp³-hybridized carbons (Fsp3) is 0. The number of nitriles is 1. The van der Waals surface area contributed by atoms with Crippen LogP contribution < -0.4 is 5.32 Å². The maximum Gasteiger partial charge on any atom is 0.142 e. The highest BCUT2D eigenvalue weighted by Gasteiger charge is 1.96. The molecule has 0 aliphatic carbocycles. The van der Waals surface area contributed by atoms with E-state index in [1.54, 1.807) is 30.7 Å². The van der Waals surface area contributed by atoms with Crippen molar-refractivity contribution in [3.05, 3.63) is 42.7 Å². The summed E-state index contributed by atoms with van der Waals surface area (Å²) in [5.41, 5.74) is 1.93. The van der Waals surface area contributed by atoms with Gasteiger partial charge in [-0.3, -0.25) is 0 Å². The van der Waals surface area contributed by atoms with E-state index in [2.05, 4.69) is 20.3 Å². The molecule has 0 saturated carbocycles. The molecule has 0 aromatic carbocycles. The summed E-state index contributed by atoms with van der Waals surface area (Å²) in [5, 5.41) is 11.7. The Morgan fingerprint density at radius 2 is 2.00 bits per heavy atom. The van der Waals surface area contributed by atoms with Crippen molar-refractivity contribution < 1.29 is 0 Å². The van der Waals surface area contributed by atoms with Crippen molar-refractivity contribution in [2.24, 2.45) is 0 Å². The van der Waals surface area contributed by atoms with Gasteiger partial charge in [-0.05, 0) is 12.1 Å². The van der Waals surface area contributed by atoms with E-state index in [1.165, 1.54) is 6.33 Å². The minimum Gasteiger partial charge on any atom is -0.353 e. The molecule has 0 spiro atoms. The molecule has 5 nitrogen and oxygen atoms in total. The topological polar surface area (TPSA) is 74.5 Å². The highest BCUT2D eigenvalue weighted by molar-refractivity contribution is 5.58. The summed E-state index contributed by atoms with van der Waals surface area (Å²) in [6.45, 7) is 0. The predicted molar refractivity (Wildman–Crippen MR) is 54.3 cm³/mol. The van der Waals surface area contributed by atoms with Crippen LogP contribution in [0.3, 0.4) is 0 Å². The quantitative estimate of drug-likeness (QED) is 0.789. The number of anilines is 2. The van der Waals surface area contributed by atoms with Crippen LogP contribution in [0.15, 0.2) is 37.1 Å². The van der Waals surface area contributed by atoms with Gasteiger partial charge in [0, 0.05) is 11.9 Å². The SMILES string of the molecule is N#Cc1cc(Nc2cncnc2)ccn1. The van der Waals surface area contributed by atoms with Crippen molar-refractivity contribution in [3.63, 3.8) is 0 Å². The lowest BCUT2D eigenvalue weighted by Crippen LogP contribution is -1.93. The molecule has 15 heavy (non-hydrogen) atoms. The van der Waals surface area contributed by atoms with Crippen LogP contribution in [-0.2, 0) is 0 Å². The fourth-order valence-corrected chi connectivity index (χ4v) is 1.10. The van der Waals surface area contributed by atoms with Crippen molar-refractivity contribution in [3.8, 4) is 6.07 Å². The maximum atomic E-state index is 8.66. The molecule has 72 valence electrons. The smallest absolute Gasteiger partial charge is 0.142 e. The Morgan fingerprint density at radius 1 is 1.20 bits per heavy atom. The summed E-state index contributed by atoms with van der Waals surface area (Å²) in [4.78, 5) is 11.6. The van der Waals surface area contributed by atoms with E-state index >= 15 is 0 Å². The molecule has 0 amide bonds. The predicted octanol–water partition coefficient (Wildman–Crippen LogP) is 1.49. The average molecular weight is 197 g/mol. The number of rotatable bonds is 2. The van der Waals surface area contributed by atoms with Crippen LogP contribution in [0.25, 0.3) is 0 Å². The molecule has 0 atom stereocenters. The largest absolute Gasteiger partial charge is 0.353 e. The second-order valence-corrected chi connectivity index (χ2v) is 2.79. The molecule has 2 heterocycles. The van der Waals surface area contributed by atoms with E-state index in [4.69, 9.17) is 5.26 Å². The van der Waals surface area contributed by atoms with Crippen LogP contribution in [0.5, 0.6) is 0 Å². The molecule has 2 aromatic rings. The Labute approximate surface area is 86.5 Å². The van der Waals surface area contributed by atoms with Gasteiger partial charge in [0.2, 0.25) is 0 Å². The molecule has 0 aliphatic rings. The molecule has 0 aliphatic heterocycles. The summed E-state index contributed by atoms with van der Waals surface area (Å²) >= 11 is 0. The van der Waals surface area contributed by atoms with Gasteiger partial charge in [0.05, 0.1) is 18.1 Å². The summed E-state index contributed by atoms with van der Waals surface area (Å²) < 4.78 is 0. The zero-order chi connectivity index (χ0) is 10.5. The van der Waals surface area contributed by atoms with E-state index in [0.717, 1.165) is 11.4 Å². The van der Waals surface area contributed by atoms with Crippen LogP contribution in [0.2, 0.25) is 0 Å². The van der Waals surface area contributed by atoms with E-state index < -0.39 is 0 Å². The molecular formula is C10H7N5. The first-order valence-corrected chi connectivity index (χ1v) is 4.26. The van der Waals surface area contributed by atoms with Crippen LogP contribution >= 0.6 is 0 Å². The van der Waals surface area contributed by atoms with Gasteiger partial charge in [0.15, 0.2) is 0 Å². The van der Waals surface area contributed by atoms with Gasteiger partial charge >= 0.3 is 0 Å². The molecule has 2 aromatic heterocycles. The van der Waals surface area contributed by atoms with Gasteiger partial charge in [0.25, 0.3) is 0 Å². The lowest BCUT2D eigenvalue weighted by atomic mass is 10.3. The minimum absolute atomic E-state index is 0.372. The number of pyridine rings is 1. The Bertz CT molecular complexity index is 489. The lowest BCUT2D eigenvalue weighted by Gasteiger charge is -2.04. The second kappa shape index (κ2) is 4.15. The van der Waals surface area contributed by atoms with Crippen LogP contribution in [0.4, 0.5) is 11.4 Å². The lowest BCUT2D eigenvalue weighted by molar-refractivity contribution is 1.17. The number of nitrogens with one attached hydrogen (secondary N) is 1. The number of nitrogens with zero attached hydrogens (tertiary/aromatic N) is 4. The molecule has 0 fully saturated rings. The van der Waals surface area contributed by atoms with Crippen molar-refractivity contribution in [1.82, 2.24) is 15.0 Å². The summed E-state index contributed by atoms with van der Waals surface area (Å²) in [7, 11) is 0. The highest BCUT2D eigenvalue weighted by atomic mass is 14.9. The first-order chi connectivity index (χ1) is 7.38. The first kappa shape index (κ1) is 9.09. The van der Waals surface area contributed by atoms with Gasteiger partial charge in [-0.2, -0.15) is 5.26 Å². The van der Waals surface area contributed by atoms with E-state index in [9.17, 15) is 0 Å². The van der Waals surface area contributed by atoms with Crippen LogP contribution in [-0.4, -0.2) is 15.0 Å². The highest BCUT2D eigenvalue weighted by Crippen LogP contribution is 2.13. The monoisotopic (exact) mass is 197 g/mol. The second-order valence-electron chi connectivity index (χ2n) is 2.79. The third kappa shape index (κ3) is 2.25. The normalized spacial score (nSPS) is 9.27. The number of hydrogen-bond donors (Lipinski definition) is 1. The average Bonchev–Trinajstić information content (AvgIpc) is 2.31. The van der Waals surface area contributed by atoms with Crippen molar-refractivity contribution in [1.29, 1.82) is 5.26 Å². The zero-order valence-corrected chi connectivity index (χ0v) is 7.75. The Kier molecular flexibility index (Phi) is 2.52. The van der Waals surface area contributed by atoms with Crippen LogP contribution in [0.1, 0.15) is 5.69 Å². The molecule has 2 rings (SSSR count). The molecule has 5 heteroatoms. The molecule has 0 radical (unpaired) electrons. The van der Waals surface area contributed by atoms with Gasteiger partial charge in [-0.15, -0.1) is 0 Å². The van der Waals surface area contributed by atoms with E-state index in [1.807, 2.05) is 6.07 Å². The Hall–Kier alpha value is -2.48. The number of hydrogen-bond acceptors (Lipinski definition) is 5. The van der Waals surface area contributed by atoms with Crippen molar-refractivity contribution >= 4 is 11.4 Å². The minimum atomic E-state index is 0.372. The van der Waals surface area contributed by atoms with Gasteiger partial charge in [-0.1, -0.05) is 0 Å². The first-order valence-electron chi connectivity index (χ1n) is 4.26. The molecule has 1 N–H and O–H groups in total. The van der Waals surface area contributed by atoms with Crippen LogP contribution in [0, 0.1) is 11.3 Å². The van der Waals surface area contributed by atoms with Crippen molar-refractivity contribution in [2.75, 3.05) is 5.32 Å². The summed E-state index contributed by atoms with van der Waals surface area (Å²) in [5.74, 6) is 0. The Balaban J connectivity index is 2.22. The van der Waals surface area contributed by atoms with E-state index in [-0.39, 0.29) is 0 Å². The third-order valence-electron chi connectivity index (χ3n) is 1.72. The van der Waals surface area contributed by atoms with Gasteiger partial charge in [0.1, 0.15) is 18.1 Å². The molecule has 0 unspecified atom stereocenters. The number of aromatic nitrogens is 3. The fourth-order valence-electron chi connectivity index (χ4n) is 1.10. The zero-order valence-electron chi connectivity index (χ0n) is 7.75. The third-order valence-corrected chi connectivity index (χ3v) is 1.72. The summed E-state index contributed by atoms with van der Waals surface area (Å²) in [6, 6.07) is 5.40. The van der Waals surface area contributed by atoms with E-state index in [0.29, 0.717) is 5.69 Å². The Morgan fingerprint density at radius 3 is 2.73 bits per heavy atom. The van der Waals surface area contributed by atoms with Gasteiger partial charge < -0.3 is 5.32 Å². The molecule has 0 bridgehead atoms. The summed E-state index contributed by atoms with van der Waals surface area (Å²) in [6.07, 6.45) is 6.34. The standard InChI is InChI=1S/C10H7N5/c11-4-9-3-8(1-2-14-9)15-10-5-12-7-13-6-10/h1-3,5-7H,(H,14,15).